The van der Waals surface area contributed by atoms with Gasteiger partial charge in [-0.25, -0.2) is 4.98 Å². The van der Waals surface area contributed by atoms with Gasteiger partial charge in [0.2, 0.25) is 0 Å². The van der Waals surface area contributed by atoms with Gasteiger partial charge in [0, 0.05) is 0 Å². The third-order valence-corrected chi connectivity index (χ3v) is 5.41. The topological polar surface area (TPSA) is 57.8 Å². The fourth-order valence-corrected chi connectivity index (χ4v) is 3.86. The van der Waals surface area contributed by atoms with Crippen molar-refractivity contribution >= 4 is 28.3 Å². The maximum absolute atomic E-state index is 12.8. The van der Waals surface area contributed by atoms with Gasteiger partial charge in [0.1, 0.15) is 5.82 Å². The maximum Gasteiger partial charge on any atom is 0.262 e. The molecule has 0 fully saturated rings. The number of H-pyrrole nitrogens is 1. The van der Waals surface area contributed by atoms with Crippen LogP contribution in [0, 0.1) is 6.92 Å². The average Bonchev–Trinajstić information content (AvgIpc) is 3.28. The predicted octanol–water partition coefficient (Wildman–Crippen LogP) is 4.65. The van der Waals surface area contributed by atoms with Gasteiger partial charge >= 0.3 is 0 Å². The molecule has 1 amide bonds. The lowest BCUT2D eigenvalue weighted by Gasteiger charge is -2.17. The predicted molar refractivity (Wildman–Crippen MR) is 106 cm³/mol. The van der Waals surface area contributed by atoms with E-state index in [0.717, 1.165) is 32.9 Å². The van der Waals surface area contributed by atoms with Crippen molar-refractivity contribution in [2.75, 3.05) is 0 Å². The molecule has 0 saturated heterocycles. The maximum atomic E-state index is 12.8. The molecule has 0 spiro atoms. The van der Waals surface area contributed by atoms with E-state index in [1.165, 1.54) is 11.3 Å². The highest BCUT2D eigenvalue weighted by atomic mass is 32.1. The van der Waals surface area contributed by atoms with Crippen molar-refractivity contribution in [2.45, 2.75) is 19.4 Å². The summed E-state index contributed by atoms with van der Waals surface area (Å²) in [5.41, 5.74) is 4.03. The minimum atomic E-state index is -0.223. The van der Waals surface area contributed by atoms with Gasteiger partial charge < -0.3 is 10.3 Å². The average molecular weight is 361 g/mol. The Hall–Kier alpha value is -2.92. The number of benzene rings is 2. The summed E-state index contributed by atoms with van der Waals surface area (Å²) in [5, 5.41) is 5.11. The summed E-state index contributed by atoms with van der Waals surface area (Å²) in [6.45, 7) is 1.96. The summed E-state index contributed by atoms with van der Waals surface area (Å²) < 4.78 is 0. The third-order valence-electron chi connectivity index (χ3n) is 4.39. The number of aromatic nitrogens is 2. The minimum Gasteiger partial charge on any atom is -0.341 e. The third kappa shape index (κ3) is 3.39. The van der Waals surface area contributed by atoms with Gasteiger partial charge in [-0.1, -0.05) is 42.5 Å². The molecule has 2 N–H and O–H groups in total. The lowest BCUT2D eigenvalue weighted by molar-refractivity contribution is 0.0938. The van der Waals surface area contributed by atoms with Crippen LogP contribution in [0.5, 0.6) is 0 Å². The number of rotatable bonds is 5. The summed E-state index contributed by atoms with van der Waals surface area (Å²) in [5.74, 6) is 0.719. The van der Waals surface area contributed by atoms with Crippen LogP contribution in [0.1, 0.15) is 32.7 Å². The van der Waals surface area contributed by atoms with Crippen LogP contribution in [0.2, 0.25) is 0 Å². The van der Waals surface area contributed by atoms with Gasteiger partial charge in [0.15, 0.2) is 0 Å². The molecule has 0 bridgehead atoms. The number of hydrogen-bond donors (Lipinski definition) is 2. The molecule has 0 aliphatic carbocycles. The molecule has 2 aromatic heterocycles. The van der Waals surface area contributed by atoms with Crippen molar-refractivity contribution in [1.82, 2.24) is 15.3 Å². The first-order valence-corrected chi connectivity index (χ1v) is 9.42. The van der Waals surface area contributed by atoms with Crippen molar-refractivity contribution in [3.63, 3.8) is 0 Å². The quantitative estimate of drug-likeness (QED) is 0.544. The molecule has 2 heterocycles. The zero-order valence-corrected chi connectivity index (χ0v) is 15.2. The van der Waals surface area contributed by atoms with Gasteiger partial charge in [-0.05, 0) is 48.1 Å². The lowest BCUT2D eigenvalue weighted by Crippen LogP contribution is -2.30. The van der Waals surface area contributed by atoms with E-state index in [1.54, 1.807) is 0 Å². The number of carbonyl (C=O) groups excluding carboxylic acids is 1. The first-order chi connectivity index (χ1) is 12.7. The molecule has 4 nitrogen and oxygen atoms in total. The summed E-state index contributed by atoms with van der Waals surface area (Å²) in [6.07, 6.45) is 0.677. The highest BCUT2D eigenvalue weighted by Crippen LogP contribution is 2.22. The molecular formula is C21H19N3OS. The van der Waals surface area contributed by atoms with Crippen molar-refractivity contribution in [3.05, 3.63) is 87.9 Å². The zero-order chi connectivity index (χ0) is 17.9. The van der Waals surface area contributed by atoms with Crippen LogP contribution in [-0.4, -0.2) is 15.9 Å². The molecule has 4 aromatic rings. The van der Waals surface area contributed by atoms with Crippen LogP contribution >= 0.6 is 11.3 Å². The van der Waals surface area contributed by atoms with Crippen molar-refractivity contribution in [2.24, 2.45) is 0 Å². The molecule has 2 aromatic carbocycles. The lowest BCUT2D eigenvalue weighted by atomic mass is 10.1. The number of thiophene rings is 1. The summed E-state index contributed by atoms with van der Waals surface area (Å²) >= 11 is 1.46. The standard InChI is InChI=1S/C21H19N3OS/c1-14-11-12-26-19(14)21(25)24-18(13-15-7-3-2-4-8-15)20-22-16-9-5-6-10-17(16)23-20/h2-12,18H,13H2,1H3,(H,22,23)(H,24,25). The molecule has 1 unspecified atom stereocenters. The van der Waals surface area contributed by atoms with Gasteiger partial charge in [-0.2, -0.15) is 0 Å². The van der Waals surface area contributed by atoms with E-state index in [4.69, 9.17) is 4.98 Å². The van der Waals surface area contributed by atoms with E-state index in [9.17, 15) is 4.79 Å². The van der Waals surface area contributed by atoms with E-state index in [0.29, 0.717) is 6.42 Å². The Morgan fingerprint density at radius 1 is 1.12 bits per heavy atom. The number of amides is 1. The van der Waals surface area contributed by atoms with E-state index in [2.05, 4.69) is 22.4 Å². The second kappa shape index (κ2) is 7.14. The first-order valence-electron chi connectivity index (χ1n) is 8.54. The largest absolute Gasteiger partial charge is 0.341 e. The Bertz CT molecular complexity index is 1000. The molecular weight excluding hydrogens is 342 g/mol. The molecule has 5 heteroatoms. The fourth-order valence-electron chi connectivity index (χ4n) is 3.03. The number of aromatic amines is 1. The normalized spacial score (nSPS) is 12.2. The Labute approximate surface area is 155 Å². The number of carbonyl (C=O) groups is 1. The number of nitrogens with zero attached hydrogens (tertiary/aromatic N) is 1. The number of fused-ring (bicyclic) bond motifs is 1. The van der Waals surface area contributed by atoms with Gasteiger partial charge in [-0.15, -0.1) is 11.3 Å². The summed E-state index contributed by atoms with van der Waals surface area (Å²) in [7, 11) is 0. The van der Waals surface area contributed by atoms with Gasteiger partial charge in [0.25, 0.3) is 5.91 Å². The number of hydrogen-bond acceptors (Lipinski definition) is 3. The van der Waals surface area contributed by atoms with Crippen LogP contribution in [0.25, 0.3) is 11.0 Å². The fraction of sp³-hybridized carbons (Fsp3) is 0.143. The highest BCUT2D eigenvalue weighted by Gasteiger charge is 2.21. The van der Waals surface area contributed by atoms with Crippen LogP contribution in [0.4, 0.5) is 0 Å². The Morgan fingerprint density at radius 2 is 1.88 bits per heavy atom. The molecule has 130 valence electrons. The first kappa shape index (κ1) is 16.5. The van der Waals surface area contributed by atoms with E-state index < -0.39 is 0 Å². The SMILES string of the molecule is Cc1ccsc1C(=O)NC(Cc1ccccc1)c1nc2ccccc2[nH]1. The molecule has 0 saturated carbocycles. The van der Waals surface area contributed by atoms with Gasteiger partial charge in [0.05, 0.1) is 22.0 Å². The van der Waals surface area contributed by atoms with Crippen molar-refractivity contribution in [3.8, 4) is 0 Å². The number of imidazole rings is 1. The second-order valence-electron chi connectivity index (χ2n) is 6.29. The number of para-hydroxylation sites is 2. The van der Waals surface area contributed by atoms with Crippen LogP contribution in [0.3, 0.4) is 0 Å². The second-order valence-corrected chi connectivity index (χ2v) is 7.20. The van der Waals surface area contributed by atoms with E-state index in [1.807, 2.05) is 60.8 Å². The van der Waals surface area contributed by atoms with Crippen molar-refractivity contribution in [1.29, 1.82) is 0 Å². The smallest absolute Gasteiger partial charge is 0.262 e. The molecule has 0 aliphatic rings. The Balaban J connectivity index is 1.66. The number of aryl methyl sites for hydroxylation is 1. The highest BCUT2D eigenvalue weighted by molar-refractivity contribution is 7.12. The zero-order valence-electron chi connectivity index (χ0n) is 14.4. The van der Waals surface area contributed by atoms with Crippen LogP contribution < -0.4 is 5.32 Å². The monoisotopic (exact) mass is 361 g/mol. The van der Waals surface area contributed by atoms with Crippen LogP contribution in [-0.2, 0) is 6.42 Å². The Kier molecular flexibility index (Phi) is 4.54. The molecule has 4 rings (SSSR count). The molecule has 0 aliphatic heterocycles. The summed E-state index contributed by atoms with van der Waals surface area (Å²) in [6, 6.07) is 19.8. The van der Waals surface area contributed by atoms with Crippen molar-refractivity contribution < 1.29 is 4.79 Å². The molecule has 26 heavy (non-hydrogen) atoms. The summed E-state index contributed by atoms with van der Waals surface area (Å²) in [4.78, 5) is 21.6. The number of nitrogens with one attached hydrogen (secondary N) is 2. The van der Waals surface area contributed by atoms with Crippen LogP contribution in [0.15, 0.2) is 66.0 Å². The Morgan fingerprint density at radius 3 is 2.62 bits per heavy atom. The van der Waals surface area contributed by atoms with E-state index in [-0.39, 0.29) is 11.9 Å². The minimum absolute atomic E-state index is 0.0566. The molecule has 0 radical (unpaired) electrons. The van der Waals surface area contributed by atoms with E-state index >= 15 is 0 Å². The van der Waals surface area contributed by atoms with Gasteiger partial charge in [-0.3, -0.25) is 4.79 Å². The molecule has 1 atom stereocenters.